The molecule has 4 nitrogen and oxygen atoms in total. The van der Waals surface area contributed by atoms with E-state index in [1.807, 2.05) is 13.0 Å². The lowest BCUT2D eigenvalue weighted by molar-refractivity contribution is 0.517. The lowest BCUT2D eigenvalue weighted by Gasteiger charge is -2.20. The molecule has 2 heterocycles. The summed E-state index contributed by atoms with van der Waals surface area (Å²) in [5, 5.41) is 3.96. The van der Waals surface area contributed by atoms with Crippen LogP contribution in [0.3, 0.4) is 0 Å². The smallest absolute Gasteiger partial charge is 0.218 e. The summed E-state index contributed by atoms with van der Waals surface area (Å²) in [5.74, 6) is 0. The van der Waals surface area contributed by atoms with E-state index < -0.39 is 10.8 Å². The van der Waals surface area contributed by atoms with E-state index in [1.54, 1.807) is 6.20 Å². The van der Waals surface area contributed by atoms with Crippen molar-refractivity contribution in [3.05, 3.63) is 18.0 Å². The number of aromatic nitrogens is 2. The average Bonchev–Trinajstić information content (AvgIpc) is 2.29. The first-order valence-corrected chi connectivity index (χ1v) is 6.39. The van der Waals surface area contributed by atoms with Crippen LogP contribution in [0.5, 0.6) is 0 Å². The Balaban J connectivity index is 2.12. The SMILES string of the molecule is Cc1ccnc(S(=O)C2CCNCC2)n1. The largest absolute Gasteiger partial charge is 0.317 e. The van der Waals surface area contributed by atoms with Gasteiger partial charge in [-0.2, -0.15) is 0 Å². The maximum atomic E-state index is 12.1. The monoisotopic (exact) mass is 225 g/mol. The minimum absolute atomic E-state index is 0.216. The summed E-state index contributed by atoms with van der Waals surface area (Å²) in [5.41, 5.74) is 0.877. The van der Waals surface area contributed by atoms with Gasteiger partial charge < -0.3 is 5.32 Å². The van der Waals surface area contributed by atoms with Crippen molar-refractivity contribution < 1.29 is 4.21 Å². The van der Waals surface area contributed by atoms with Crippen LogP contribution in [0.2, 0.25) is 0 Å². The van der Waals surface area contributed by atoms with Crippen molar-refractivity contribution in [1.82, 2.24) is 15.3 Å². The summed E-state index contributed by atoms with van der Waals surface area (Å²) in [7, 11) is -1.04. The molecule has 0 aromatic carbocycles. The molecular weight excluding hydrogens is 210 g/mol. The van der Waals surface area contributed by atoms with Gasteiger partial charge in [-0.05, 0) is 38.9 Å². The quantitative estimate of drug-likeness (QED) is 0.751. The molecule has 0 spiro atoms. The van der Waals surface area contributed by atoms with Gasteiger partial charge in [-0.25, -0.2) is 9.97 Å². The Morgan fingerprint density at radius 2 is 2.20 bits per heavy atom. The molecule has 1 fully saturated rings. The minimum Gasteiger partial charge on any atom is -0.317 e. The van der Waals surface area contributed by atoms with Crippen LogP contribution >= 0.6 is 0 Å². The molecule has 1 aliphatic heterocycles. The zero-order chi connectivity index (χ0) is 10.7. The molecule has 0 radical (unpaired) electrons. The second-order valence-electron chi connectivity index (χ2n) is 3.73. The molecular formula is C10H15N3OS. The molecule has 1 N–H and O–H groups in total. The van der Waals surface area contributed by atoms with Crippen LogP contribution in [-0.4, -0.2) is 32.5 Å². The number of nitrogens with one attached hydrogen (secondary N) is 1. The van der Waals surface area contributed by atoms with Crippen molar-refractivity contribution in [2.45, 2.75) is 30.2 Å². The number of hydrogen-bond acceptors (Lipinski definition) is 4. The van der Waals surface area contributed by atoms with E-state index in [-0.39, 0.29) is 5.25 Å². The highest BCUT2D eigenvalue weighted by Gasteiger charge is 2.22. The maximum Gasteiger partial charge on any atom is 0.218 e. The fourth-order valence-electron chi connectivity index (χ4n) is 1.68. The van der Waals surface area contributed by atoms with Gasteiger partial charge in [0.1, 0.15) is 0 Å². The van der Waals surface area contributed by atoms with Gasteiger partial charge in [-0.3, -0.25) is 4.21 Å². The van der Waals surface area contributed by atoms with Crippen LogP contribution in [-0.2, 0) is 10.8 Å². The van der Waals surface area contributed by atoms with Crippen LogP contribution in [0, 0.1) is 6.92 Å². The van der Waals surface area contributed by atoms with Gasteiger partial charge in [-0.15, -0.1) is 0 Å². The van der Waals surface area contributed by atoms with Crippen LogP contribution in [0.4, 0.5) is 0 Å². The fraction of sp³-hybridized carbons (Fsp3) is 0.600. The van der Waals surface area contributed by atoms with E-state index in [4.69, 9.17) is 0 Å². The topological polar surface area (TPSA) is 54.9 Å². The molecule has 0 bridgehead atoms. The van der Waals surface area contributed by atoms with Crippen LogP contribution < -0.4 is 5.32 Å². The summed E-state index contributed by atoms with van der Waals surface area (Å²) in [4.78, 5) is 8.30. The summed E-state index contributed by atoms with van der Waals surface area (Å²) < 4.78 is 12.1. The lowest BCUT2D eigenvalue weighted by atomic mass is 10.2. The molecule has 1 atom stereocenters. The van der Waals surface area contributed by atoms with Gasteiger partial charge in [0, 0.05) is 17.1 Å². The third kappa shape index (κ3) is 2.60. The molecule has 82 valence electrons. The van der Waals surface area contributed by atoms with Crippen molar-refractivity contribution in [3.63, 3.8) is 0 Å². The molecule has 1 saturated heterocycles. The number of piperidine rings is 1. The summed E-state index contributed by atoms with van der Waals surface area (Å²) in [6.07, 6.45) is 3.57. The third-order valence-corrected chi connectivity index (χ3v) is 4.18. The van der Waals surface area contributed by atoms with Crippen molar-refractivity contribution in [3.8, 4) is 0 Å². The fourth-order valence-corrected chi connectivity index (χ4v) is 3.04. The van der Waals surface area contributed by atoms with E-state index in [0.717, 1.165) is 31.6 Å². The first-order valence-electron chi connectivity index (χ1n) is 5.18. The summed E-state index contributed by atoms with van der Waals surface area (Å²) in [6, 6.07) is 1.82. The van der Waals surface area contributed by atoms with E-state index in [9.17, 15) is 4.21 Å². The van der Waals surface area contributed by atoms with Gasteiger partial charge in [-0.1, -0.05) is 0 Å². The van der Waals surface area contributed by atoms with Crippen LogP contribution in [0.25, 0.3) is 0 Å². The van der Waals surface area contributed by atoms with Gasteiger partial charge in [0.25, 0.3) is 0 Å². The van der Waals surface area contributed by atoms with E-state index >= 15 is 0 Å². The van der Waals surface area contributed by atoms with Gasteiger partial charge >= 0.3 is 0 Å². The van der Waals surface area contributed by atoms with Crippen molar-refractivity contribution >= 4 is 10.8 Å². The second kappa shape index (κ2) is 4.81. The molecule has 2 rings (SSSR count). The van der Waals surface area contributed by atoms with Crippen LogP contribution in [0.15, 0.2) is 17.4 Å². The molecule has 0 amide bonds. The summed E-state index contributed by atoms with van der Waals surface area (Å²) >= 11 is 0. The zero-order valence-corrected chi connectivity index (χ0v) is 9.59. The first-order chi connectivity index (χ1) is 7.27. The van der Waals surface area contributed by atoms with E-state index in [1.165, 1.54) is 0 Å². The normalized spacial score (nSPS) is 20.1. The van der Waals surface area contributed by atoms with Gasteiger partial charge in [0.05, 0.1) is 10.8 Å². The second-order valence-corrected chi connectivity index (χ2v) is 5.35. The molecule has 5 heteroatoms. The highest BCUT2D eigenvalue weighted by atomic mass is 32.2. The highest BCUT2D eigenvalue weighted by Crippen LogP contribution is 2.15. The number of hydrogen-bond donors (Lipinski definition) is 1. The first kappa shape index (κ1) is 10.7. The minimum atomic E-state index is -1.04. The van der Waals surface area contributed by atoms with Gasteiger partial charge in [0.2, 0.25) is 5.16 Å². The Kier molecular flexibility index (Phi) is 3.43. The maximum absolute atomic E-state index is 12.1. The van der Waals surface area contributed by atoms with Crippen LogP contribution in [0.1, 0.15) is 18.5 Å². The Morgan fingerprint density at radius 3 is 2.87 bits per heavy atom. The molecule has 1 aromatic heterocycles. The summed E-state index contributed by atoms with van der Waals surface area (Å²) in [6.45, 7) is 3.79. The average molecular weight is 225 g/mol. The predicted molar refractivity (Wildman–Crippen MR) is 59.1 cm³/mol. The van der Waals surface area contributed by atoms with E-state index in [0.29, 0.717) is 5.16 Å². The van der Waals surface area contributed by atoms with Gasteiger partial charge in [0.15, 0.2) is 0 Å². The standard InChI is InChI=1S/C10H15N3OS/c1-8-2-7-12-10(13-8)15(14)9-3-5-11-6-4-9/h2,7,9,11H,3-6H2,1H3. The Hall–Kier alpha value is -0.810. The van der Waals surface area contributed by atoms with Crippen molar-refractivity contribution in [1.29, 1.82) is 0 Å². The number of aryl methyl sites for hydroxylation is 1. The Morgan fingerprint density at radius 1 is 1.47 bits per heavy atom. The third-order valence-electron chi connectivity index (χ3n) is 2.54. The molecule has 15 heavy (non-hydrogen) atoms. The molecule has 0 saturated carbocycles. The predicted octanol–water partition coefficient (Wildman–Crippen LogP) is 0.645. The number of nitrogens with zero attached hydrogens (tertiary/aromatic N) is 2. The van der Waals surface area contributed by atoms with Crippen molar-refractivity contribution in [2.75, 3.05) is 13.1 Å². The molecule has 0 aliphatic carbocycles. The molecule has 1 aliphatic rings. The lowest BCUT2D eigenvalue weighted by Crippen LogP contribution is -2.33. The highest BCUT2D eigenvalue weighted by molar-refractivity contribution is 7.85. The Bertz CT molecular complexity index is 363. The van der Waals surface area contributed by atoms with Crippen molar-refractivity contribution in [2.24, 2.45) is 0 Å². The zero-order valence-electron chi connectivity index (χ0n) is 8.77. The molecule has 1 unspecified atom stereocenters. The van der Waals surface area contributed by atoms with E-state index in [2.05, 4.69) is 15.3 Å². The number of rotatable bonds is 2. The molecule has 1 aromatic rings. The Labute approximate surface area is 92.0 Å².